The van der Waals surface area contributed by atoms with Crippen LogP contribution in [0.5, 0.6) is 11.5 Å². The predicted octanol–water partition coefficient (Wildman–Crippen LogP) is 8.93. The second-order valence-electron chi connectivity index (χ2n) is 15.0. The monoisotopic (exact) mass is 799 g/mol. The first kappa shape index (κ1) is 38.8. The zero-order chi connectivity index (χ0) is 39.3. The number of hydrogen-bond acceptors (Lipinski definition) is 7. The second kappa shape index (κ2) is 17.6. The number of aromatic nitrogens is 3. The number of carbonyl (C=O) groups excluding carboxylic acids is 1. The van der Waals surface area contributed by atoms with E-state index in [9.17, 15) is 4.79 Å². The minimum absolute atomic E-state index is 0.156. The third kappa shape index (κ3) is 8.64. The molecule has 2 aliphatic carbocycles. The zero-order valence-electron chi connectivity index (χ0n) is 32.5. The van der Waals surface area contributed by atoms with Crippen molar-refractivity contribution < 1.29 is 14.3 Å². The lowest BCUT2D eigenvalue weighted by Crippen LogP contribution is -2.37. The van der Waals surface area contributed by atoms with Crippen LogP contribution in [0.15, 0.2) is 96.6 Å². The van der Waals surface area contributed by atoms with Crippen LogP contribution in [-0.4, -0.2) is 66.2 Å². The van der Waals surface area contributed by atoms with Gasteiger partial charge in [-0.1, -0.05) is 52.5 Å². The third-order valence-corrected chi connectivity index (χ3v) is 12.0. The standard InChI is InChI=1S/C27H26ClN3O2.C20H21ClN2O/c1-33-23-15-21-5-4-20-14-22(28)6-7-24(20)26(27(21)30-17-23)19-8-11-31(12-9-19)25(32)13-18-3-2-10-29-16-18;1-24-17-11-15-3-2-14-10-16(21)4-5-18(14)19(20(15)23-12-17)13-6-8-22-9-7-13/h2-3,6-7,10,14-17H,4-5,8-9,11-13H2,1H3;4-5,10-12,22H,2-3,6-9H2,1H3. The summed E-state index contributed by atoms with van der Waals surface area (Å²) in [6.45, 7) is 3.50. The summed E-state index contributed by atoms with van der Waals surface area (Å²) in [5.74, 6) is 1.76. The Morgan fingerprint density at radius 3 is 1.70 bits per heavy atom. The highest BCUT2D eigenvalue weighted by Crippen LogP contribution is 2.41. The molecule has 1 N–H and O–H groups in total. The van der Waals surface area contributed by atoms with Crippen molar-refractivity contribution in [2.45, 2.75) is 57.8 Å². The van der Waals surface area contributed by atoms with Crippen LogP contribution >= 0.6 is 23.2 Å². The van der Waals surface area contributed by atoms with Crippen LogP contribution < -0.4 is 14.8 Å². The van der Waals surface area contributed by atoms with Crippen molar-refractivity contribution in [3.8, 4) is 11.5 Å². The number of halogens is 2. The molecule has 2 saturated heterocycles. The molecule has 1 amide bonds. The van der Waals surface area contributed by atoms with E-state index in [-0.39, 0.29) is 5.91 Å². The summed E-state index contributed by atoms with van der Waals surface area (Å²) >= 11 is 12.6. The molecule has 4 aliphatic rings. The molecular formula is C47H47Cl2N5O3. The van der Waals surface area contributed by atoms with Gasteiger partial charge in [-0.25, -0.2) is 0 Å². The maximum atomic E-state index is 12.9. The quantitative estimate of drug-likeness (QED) is 0.194. The molecular weight excluding hydrogens is 753 g/mol. The third-order valence-electron chi connectivity index (χ3n) is 11.5. The number of piperidine rings is 2. The fraction of sp³-hybridized carbons (Fsp3) is 0.319. The number of pyridine rings is 3. The van der Waals surface area contributed by atoms with Crippen molar-refractivity contribution in [2.24, 2.45) is 0 Å². The highest BCUT2D eigenvalue weighted by molar-refractivity contribution is 6.31. The van der Waals surface area contributed by atoms with E-state index >= 15 is 0 Å². The highest BCUT2D eigenvalue weighted by atomic mass is 35.5. The summed E-state index contributed by atoms with van der Waals surface area (Å²) < 4.78 is 10.8. The smallest absolute Gasteiger partial charge is 0.227 e. The predicted molar refractivity (Wildman–Crippen MR) is 227 cm³/mol. The average Bonchev–Trinajstić information content (AvgIpc) is 3.51. The van der Waals surface area contributed by atoms with Gasteiger partial charge in [-0.05, 0) is 146 Å². The number of nitrogens with zero attached hydrogens (tertiary/aromatic N) is 4. The van der Waals surface area contributed by atoms with E-state index in [2.05, 4.69) is 46.7 Å². The summed E-state index contributed by atoms with van der Waals surface area (Å²) in [5, 5.41) is 5.01. The van der Waals surface area contributed by atoms with Crippen LogP contribution in [-0.2, 0) is 36.9 Å². The Balaban J connectivity index is 0.000000168. The lowest BCUT2D eigenvalue weighted by molar-refractivity contribution is -0.130. The number of methoxy groups -OCH3 is 2. The van der Waals surface area contributed by atoms with Gasteiger partial charge in [0.25, 0.3) is 0 Å². The Labute approximate surface area is 345 Å². The Hall–Kier alpha value is -5.02. The van der Waals surface area contributed by atoms with Gasteiger partial charge in [-0.2, -0.15) is 0 Å². The molecule has 9 rings (SSSR count). The van der Waals surface area contributed by atoms with Crippen LogP contribution in [0, 0.1) is 0 Å². The Kier molecular flexibility index (Phi) is 12.0. The van der Waals surface area contributed by atoms with Crippen LogP contribution in [0.25, 0.3) is 11.1 Å². The lowest BCUT2D eigenvalue weighted by Gasteiger charge is -2.30. The number of ether oxygens (including phenoxy) is 2. The van der Waals surface area contributed by atoms with Crippen molar-refractivity contribution in [3.63, 3.8) is 0 Å². The van der Waals surface area contributed by atoms with Crippen molar-refractivity contribution >= 4 is 40.3 Å². The van der Waals surface area contributed by atoms with Crippen molar-refractivity contribution in [3.05, 3.63) is 157 Å². The Morgan fingerprint density at radius 2 is 1.19 bits per heavy atom. The molecule has 0 atom stereocenters. The number of aryl methyl sites for hydroxylation is 4. The molecule has 0 radical (unpaired) electrons. The number of carbonyl (C=O) groups is 1. The summed E-state index contributed by atoms with van der Waals surface area (Å²) in [6, 6.07) is 20.5. The van der Waals surface area contributed by atoms with E-state index in [1.54, 1.807) is 32.8 Å². The van der Waals surface area contributed by atoms with Crippen molar-refractivity contribution in [2.75, 3.05) is 40.4 Å². The van der Waals surface area contributed by atoms with E-state index in [1.165, 1.54) is 55.7 Å². The first-order chi connectivity index (χ1) is 27.9. The Morgan fingerprint density at radius 1 is 0.667 bits per heavy atom. The number of hydrogen-bond donors (Lipinski definition) is 1. The molecule has 5 aromatic rings. The van der Waals surface area contributed by atoms with E-state index in [0.29, 0.717) is 19.5 Å². The molecule has 8 nitrogen and oxygen atoms in total. The van der Waals surface area contributed by atoms with Gasteiger partial charge in [-0.15, -0.1) is 0 Å². The molecule has 5 heterocycles. The van der Waals surface area contributed by atoms with Gasteiger partial charge in [0.05, 0.1) is 44.4 Å². The fourth-order valence-electron chi connectivity index (χ4n) is 8.61. The molecule has 2 fully saturated rings. The average molecular weight is 801 g/mol. The van der Waals surface area contributed by atoms with Gasteiger partial charge < -0.3 is 19.7 Å². The molecule has 0 spiro atoms. The first-order valence-electron chi connectivity index (χ1n) is 19.8. The molecule has 57 heavy (non-hydrogen) atoms. The lowest BCUT2D eigenvalue weighted by atomic mass is 9.88. The number of fused-ring (bicyclic) bond motifs is 4. The fourth-order valence-corrected chi connectivity index (χ4v) is 9.00. The van der Waals surface area contributed by atoms with E-state index in [1.807, 2.05) is 35.4 Å². The number of likely N-dealkylation sites (tertiary alicyclic amines) is 1. The van der Waals surface area contributed by atoms with Gasteiger partial charge in [0.2, 0.25) is 5.91 Å². The molecule has 2 aliphatic heterocycles. The van der Waals surface area contributed by atoms with Gasteiger partial charge >= 0.3 is 0 Å². The molecule has 0 saturated carbocycles. The molecule has 3 aromatic heterocycles. The number of benzene rings is 2. The van der Waals surface area contributed by atoms with Gasteiger partial charge in [0.15, 0.2) is 0 Å². The number of nitrogens with one attached hydrogen (secondary N) is 1. The molecule has 2 aromatic carbocycles. The molecule has 0 bridgehead atoms. The SMILES string of the molecule is COc1cnc2c(c1)CCc1cc(Cl)ccc1C2=C1CCN(C(=O)Cc2cccnc2)CC1.COc1cnc2c(c1)CCc1cc(Cl)ccc1C2=C1CCNCC1. The number of rotatable bonds is 4. The molecule has 0 unspecified atom stereocenters. The largest absolute Gasteiger partial charge is 0.495 e. The minimum atomic E-state index is 0.156. The summed E-state index contributed by atoms with van der Waals surface area (Å²) in [6.07, 6.45) is 15.1. The maximum absolute atomic E-state index is 12.9. The van der Waals surface area contributed by atoms with Gasteiger partial charge in [-0.3, -0.25) is 19.7 Å². The first-order valence-corrected chi connectivity index (χ1v) is 20.6. The van der Waals surface area contributed by atoms with Gasteiger partial charge in [0.1, 0.15) is 11.5 Å². The Bertz CT molecular complexity index is 2340. The van der Waals surface area contributed by atoms with E-state index in [0.717, 1.165) is 103 Å². The summed E-state index contributed by atoms with van der Waals surface area (Å²) in [5.41, 5.74) is 16.0. The topological polar surface area (TPSA) is 89.5 Å². The number of amides is 1. The van der Waals surface area contributed by atoms with Crippen LogP contribution in [0.4, 0.5) is 0 Å². The van der Waals surface area contributed by atoms with E-state index in [4.69, 9.17) is 42.6 Å². The normalized spacial score (nSPS) is 16.2. The highest BCUT2D eigenvalue weighted by Gasteiger charge is 2.28. The van der Waals surface area contributed by atoms with E-state index < -0.39 is 0 Å². The zero-order valence-corrected chi connectivity index (χ0v) is 34.1. The summed E-state index contributed by atoms with van der Waals surface area (Å²) in [4.78, 5) is 28.6. The second-order valence-corrected chi connectivity index (χ2v) is 15.9. The van der Waals surface area contributed by atoms with Crippen LogP contribution in [0.1, 0.15) is 76.0 Å². The van der Waals surface area contributed by atoms with Crippen LogP contribution in [0.2, 0.25) is 10.0 Å². The van der Waals surface area contributed by atoms with Crippen molar-refractivity contribution in [1.29, 1.82) is 0 Å². The summed E-state index contributed by atoms with van der Waals surface area (Å²) in [7, 11) is 3.37. The van der Waals surface area contributed by atoms with Crippen molar-refractivity contribution in [1.82, 2.24) is 25.2 Å². The maximum Gasteiger partial charge on any atom is 0.227 e. The minimum Gasteiger partial charge on any atom is -0.495 e. The van der Waals surface area contributed by atoms with Gasteiger partial charge in [0, 0.05) is 46.7 Å². The molecule has 292 valence electrons. The molecule has 10 heteroatoms. The van der Waals surface area contributed by atoms with Crippen LogP contribution in [0.3, 0.4) is 0 Å².